The molecule has 0 saturated heterocycles. The summed E-state index contributed by atoms with van der Waals surface area (Å²) in [5.41, 5.74) is 1.70. The van der Waals surface area contributed by atoms with Gasteiger partial charge in [-0.2, -0.15) is 5.10 Å². The number of carbonyl (C=O) groups is 2. The lowest BCUT2D eigenvalue weighted by molar-refractivity contribution is -0.137. The summed E-state index contributed by atoms with van der Waals surface area (Å²) >= 11 is 0. The summed E-state index contributed by atoms with van der Waals surface area (Å²) in [5, 5.41) is 17.0. The molecule has 1 aliphatic carbocycles. The Hall–Kier alpha value is -3.03. The van der Waals surface area contributed by atoms with E-state index in [1.54, 1.807) is 25.0 Å². The minimum atomic E-state index is -0.913. The van der Waals surface area contributed by atoms with Gasteiger partial charge in [-0.25, -0.2) is 0 Å². The van der Waals surface area contributed by atoms with E-state index in [2.05, 4.69) is 24.3 Å². The zero-order valence-corrected chi connectivity index (χ0v) is 21.4. The molecule has 1 heterocycles. The Morgan fingerprint density at radius 3 is 2.37 bits per heavy atom. The van der Waals surface area contributed by atoms with Crippen molar-refractivity contribution in [3.8, 4) is 22.8 Å². The zero-order valence-electron chi connectivity index (χ0n) is 21.4. The topological polar surface area (TPSA) is 103 Å². The van der Waals surface area contributed by atoms with Crippen LogP contribution < -0.4 is 14.8 Å². The molecule has 1 aromatic carbocycles. The van der Waals surface area contributed by atoms with E-state index in [1.165, 1.54) is 32.1 Å². The number of aromatic nitrogens is 2. The number of methoxy groups -OCH3 is 2. The van der Waals surface area contributed by atoms with Crippen LogP contribution in [0.2, 0.25) is 0 Å². The van der Waals surface area contributed by atoms with Crippen LogP contribution in [0.15, 0.2) is 24.3 Å². The number of nitrogens with one attached hydrogen (secondary N) is 1. The van der Waals surface area contributed by atoms with Gasteiger partial charge in [0.25, 0.3) is 5.91 Å². The average molecular weight is 486 g/mol. The number of rotatable bonds is 12. The van der Waals surface area contributed by atoms with Crippen molar-refractivity contribution in [3.05, 3.63) is 30.0 Å². The molecule has 1 amide bonds. The molecule has 1 unspecified atom stereocenters. The van der Waals surface area contributed by atoms with E-state index in [-0.39, 0.29) is 18.0 Å². The third-order valence-electron chi connectivity index (χ3n) is 6.64. The van der Waals surface area contributed by atoms with Gasteiger partial charge in [0.05, 0.1) is 31.9 Å². The Bertz CT molecular complexity index is 972. The molecule has 3 rings (SSSR count). The Morgan fingerprint density at radius 1 is 1.14 bits per heavy atom. The van der Waals surface area contributed by atoms with E-state index >= 15 is 0 Å². The number of carboxylic acid groups (broad SMARTS) is 1. The lowest BCUT2D eigenvalue weighted by Gasteiger charge is -2.24. The highest BCUT2D eigenvalue weighted by molar-refractivity contribution is 5.94. The van der Waals surface area contributed by atoms with E-state index in [0.717, 1.165) is 17.7 Å². The summed E-state index contributed by atoms with van der Waals surface area (Å²) in [4.78, 5) is 24.7. The number of benzene rings is 1. The molecule has 35 heavy (non-hydrogen) atoms. The number of hydrogen-bond acceptors (Lipinski definition) is 5. The number of nitrogens with zero attached hydrogens (tertiary/aromatic N) is 2. The molecule has 0 spiro atoms. The van der Waals surface area contributed by atoms with Gasteiger partial charge in [-0.3, -0.25) is 14.3 Å². The van der Waals surface area contributed by atoms with Gasteiger partial charge >= 0.3 is 5.97 Å². The summed E-state index contributed by atoms with van der Waals surface area (Å²) in [6.45, 7) is 4.77. The predicted molar refractivity (Wildman–Crippen MR) is 135 cm³/mol. The lowest BCUT2D eigenvalue weighted by atomic mass is 9.85. The van der Waals surface area contributed by atoms with Gasteiger partial charge in [-0.15, -0.1) is 0 Å². The van der Waals surface area contributed by atoms with E-state index in [4.69, 9.17) is 9.47 Å². The second kappa shape index (κ2) is 12.6. The van der Waals surface area contributed by atoms with Crippen molar-refractivity contribution in [1.82, 2.24) is 15.1 Å². The number of carboxylic acids is 1. The van der Waals surface area contributed by atoms with E-state index in [1.807, 2.05) is 18.2 Å². The number of aliphatic carboxylic acids is 1. The fourth-order valence-electron chi connectivity index (χ4n) is 4.93. The summed E-state index contributed by atoms with van der Waals surface area (Å²) in [6, 6.07) is 6.84. The smallest absolute Gasteiger partial charge is 0.305 e. The summed E-state index contributed by atoms with van der Waals surface area (Å²) in [7, 11) is 3.19. The van der Waals surface area contributed by atoms with Gasteiger partial charge in [-0.05, 0) is 42.9 Å². The van der Waals surface area contributed by atoms with E-state index in [9.17, 15) is 14.7 Å². The normalized spacial score (nSPS) is 15.1. The van der Waals surface area contributed by atoms with Crippen molar-refractivity contribution in [2.45, 2.75) is 77.8 Å². The van der Waals surface area contributed by atoms with Crippen LogP contribution in [-0.4, -0.2) is 47.0 Å². The average Bonchev–Trinajstić information content (AvgIpc) is 3.25. The van der Waals surface area contributed by atoms with Crippen LogP contribution >= 0.6 is 0 Å². The molecule has 8 heteroatoms. The van der Waals surface area contributed by atoms with Gasteiger partial charge < -0.3 is 19.9 Å². The Balaban J connectivity index is 1.85. The highest BCUT2D eigenvalue weighted by Gasteiger charge is 2.25. The number of ether oxygens (including phenoxy) is 2. The first-order chi connectivity index (χ1) is 16.8. The Labute approximate surface area is 208 Å². The second-order valence-electron chi connectivity index (χ2n) is 9.88. The maximum Gasteiger partial charge on any atom is 0.305 e. The van der Waals surface area contributed by atoms with Crippen LogP contribution in [0.4, 0.5) is 0 Å². The Kier molecular flexibility index (Phi) is 9.57. The first-order valence-corrected chi connectivity index (χ1v) is 12.6. The molecule has 1 aromatic heterocycles. The van der Waals surface area contributed by atoms with Crippen LogP contribution in [0.1, 0.15) is 75.7 Å². The van der Waals surface area contributed by atoms with Crippen molar-refractivity contribution in [2.75, 3.05) is 14.2 Å². The van der Waals surface area contributed by atoms with Crippen molar-refractivity contribution in [2.24, 2.45) is 11.8 Å². The maximum absolute atomic E-state index is 13.2. The molecule has 2 aromatic rings. The summed E-state index contributed by atoms with van der Waals surface area (Å²) < 4.78 is 13.0. The number of carbonyl (C=O) groups excluding carboxylic acids is 1. The number of amides is 1. The van der Waals surface area contributed by atoms with E-state index < -0.39 is 12.0 Å². The largest absolute Gasteiger partial charge is 0.496 e. The molecule has 8 nitrogen and oxygen atoms in total. The minimum Gasteiger partial charge on any atom is -0.496 e. The van der Waals surface area contributed by atoms with Crippen LogP contribution in [0.25, 0.3) is 11.3 Å². The second-order valence-corrected chi connectivity index (χ2v) is 9.88. The highest BCUT2D eigenvalue weighted by atomic mass is 16.5. The maximum atomic E-state index is 13.2. The highest BCUT2D eigenvalue weighted by Crippen LogP contribution is 2.39. The SMILES string of the molecule is COc1cccc(OC)c1-c1cc(C(=O)NC(CCC2CCCCC2)CC(=O)O)nn1CC(C)C. The fraction of sp³-hybridized carbons (Fsp3) is 0.593. The van der Waals surface area contributed by atoms with Gasteiger partial charge in [0.15, 0.2) is 5.69 Å². The molecule has 192 valence electrons. The minimum absolute atomic E-state index is 0.0989. The van der Waals surface area contributed by atoms with Gasteiger partial charge in [-0.1, -0.05) is 52.0 Å². The van der Waals surface area contributed by atoms with Crippen molar-refractivity contribution in [1.29, 1.82) is 0 Å². The van der Waals surface area contributed by atoms with Crippen LogP contribution in [0.3, 0.4) is 0 Å². The molecular formula is C27H39N3O5. The first-order valence-electron chi connectivity index (χ1n) is 12.6. The van der Waals surface area contributed by atoms with Crippen LogP contribution in [-0.2, 0) is 11.3 Å². The molecule has 2 N–H and O–H groups in total. The van der Waals surface area contributed by atoms with Crippen molar-refractivity contribution >= 4 is 11.9 Å². The predicted octanol–water partition coefficient (Wildman–Crippen LogP) is 5.16. The third kappa shape index (κ3) is 7.23. The molecule has 1 atom stereocenters. The molecule has 1 aliphatic rings. The van der Waals surface area contributed by atoms with Crippen LogP contribution in [0.5, 0.6) is 11.5 Å². The van der Waals surface area contributed by atoms with E-state index in [0.29, 0.717) is 36.3 Å². The standard InChI is InChI=1S/C27H39N3O5/c1-18(2)17-30-22(26-23(34-3)11-8-12-24(26)35-4)16-21(29-30)27(33)28-20(15-25(31)32)14-13-19-9-6-5-7-10-19/h8,11-12,16,18-20H,5-7,9-10,13-15,17H2,1-4H3,(H,28,33)(H,31,32). The van der Waals surface area contributed by atoms with Crippen LogP contribution in [0, 0.1) is 11.8 Å². The number of hydrogen-bond donors (Lipinski definition) is 2. The molecule has 0 radical (unpaired) electrons. The molecular weight excluding hydrogens is 446 g/mol. The fourth-order valence-corrected chi connectivity index (χ4v) is 4.93. The molecule has 0 bridgehead atoms. The van der Waals surface area contributed by atoms with Crippen molar-refractivity contribution < 1.29 is 24.2 Å². The quantitative estimate of drug-likeness (QED) is 0.431. The first kappa shape index (κ1) is 26.6. The zero-order chi connectivity index (χ0) is 25.4. The molecule has 1 fully saturated rings. The van der Waals surface area contributed by atoms with Crippen molar-refractivity contribution in [3.63, 3.8) is 0 Å². The van der Waals surface area contributed by atoms with Gasteiger partial charge in [0.2, 0.25) is 0 Å². The van der Waals surface area contributed by atoms with Gasteiger partial charge in [0.1, 0.15) is 11.5 Å². The Morgan fingerprint density at radius 2 is 1.80 bits per heavy atom. The monoisotopic (exact) mass is 485 g/mol. The molecule has 0 aliphatic heterocycles. The summed E-state index contributed by atoms with van der Waals surface area (Å²) in [6.07, 6.45) is 7.63. The summed E-state index contributed by atoms with van der Waals surface area (Å²) in [5.74, 6) is 0.878. The van der Waals surface area contributed by atoms with Gasteiger partial charge in [0, 0.05) is 12.6 Å². The molecule has 1 saturated carbocycles. The third-order valence-corrected chi connectivity index (χ3v) is 6.64. The lowest BCUT2D eigenvalue weighted by Crippen LogP contribution is -2.37.